The molecule has 9 atom stereocenters. The number of likely N-dealkylation sites (tertiary alicyclic amines) is 1. The van der Waals surface area contributed by atoms with E-state index < -0.39 is 88.7 Å². The minimum absolute atomic E-state index is 0.0447. The molecule has 6 aliphatic rings. The van der Waals surface area contributed by atoms with Crippen molar-refractivity contribution < 1.29 is 58.9 Å². The summed E-state index contributed by atoms with van der Waals surface area (Å²) in [4.78, 5) is 58.8. The van der Waals surface area contributed by atoms with E-state index in [2.05, 4.69) is 34.0 Å². The van der Waals surface area contributed by atoms with Crippen LogP contribution in [0.5, 0.6) is 17.2 Å². The van der Waals surface area contributed by atoms with Gasteiger partial charge in [0.1, 0.15) is 34.0 Å². The number of anilines is 1. The van der Waals surface area contributed by atoms with Crippen LogP contribution in [0.1, 0.15) is 104 Å². The van der Waals surface area contributed by atoms with Crippen LogP contribution >= 0.6 is 0 Å². The number of carbonyl (C=O) groups is 3. The molecule has 2 fully saturated rings. The topological polar surface area (TPSA) is 236 Å². The molecule has 18 nitrogen and oxygen atoms in total. The zero-order chi connectivity index (χ0) is 52.8. The van der Waals surface area contributed by atoms with Crippen molar-refractivity contribution >= 4 is 34.2 Å². The molecule has 2 aromatic rings. The monoisotopic (exact) mass is 1000 g/mol. The van der Waals surface area contributed by atoms with Gasteiger partial charge in [0.05, 0.1) is 46.8 Å². The molecule has 2 amide bonds. The van der Waals surface area contributed by atoms with Gasteiger partial charge in [-0.15, -0.1) is 0 Å². The Kier molecular flexibility index (Phi) is 16.2. The van der Waals surface area contributed by atoms with Crippen molar-refractivity contribution in [2.75, 3.05) is 64.8 Å². The number of nitrogens with zero attached hydrogens (tertiary/aromatic N) is 5. The first kappa shape index (κ1) is 54.7. The van der Waals surface area contributed by atoms with E-state index in [4.69, 9.17) is 23.9 Å². The summed E-state index contributed by atoms with van der Waals surface area (Å²) in [7, 11) is 1.48. The highest BCUT2D eigenvalue weighted by Crippen LogP contribution is 2.51. The molecule has 6 aliphatic heterocycles. The van der Waals surface area contributed by atoms with Crippen LogP contribution in [0.15, 0.2) is 46.1 Å². The third-order valence-corrected chi connectivity index (χ3v) is 15.5. The first-order valence-corrected chi connectivity index (χ1v) is 25.6. The lowest BCUT2D eigenvalue weighted by Crippen LogP contribution is -2.52. The molecule has 0 radical (unpaired) electrons. The van der Waals surface area contributed by atoms with Gasteiger partial charge in [0.15, 0.2) is 5.75 Å². The number of benzene rings is 2. The van der Waals surface area contributed by atoms with E-state index >= 15 is 0 Å². The van der Waals surface area contributed by atoms with Crippen LogP contribution in [-0.2, 0) is 19.0 Å². The highest BCUT2D eigenvalue weighted by atomic mass is 16.7. The Hall–Kier alpha value is -5.11. The number of fused-ring (bicyclic) bond motifs is 13. The molecule has 0 saturated carbocycles. The number of rotatable bonds is 7. The van der Waals surface area contributed by atoms with Crippen molar-refractivity contribution in [1.82, 2.24) is 14.7 Å². The fourth-order valence-electron chi connectivity index (χ4n) is 10.8. The second kappa shape index (κ2) is 21.4. The Morgan fingerprint density at radius 1 is 0.917 bits per heavy atom. The molecule has 5 bridgehead atoms. The molecule has 18 heteroatoms. The van der Waals surface area contributed by atoms with Gasteiger partial charge < -0.3 is 59.6 Å². The number of piperidine rings is 1. The Morgan fingerprint density at radius 3 is 2.21 bits per heavy atom. The van der Waals surface area contributed by atoms with Crippen LogP contribution in [0.3, 0.4) is 0 Å². The van der Waals surface area contributed by atoms with E-state index in [1.165, 1.54) is 20.3 Å². The van der Waals surface area contributed by atoms with Crippen molar-refractivity contribution in [2.24, 2.45) is 39.6 Å². The summed E-state index contributed by atoms with van der Waals surface area (Å²) in [6.45, 7) is 24.5. The molecular formula is C54H78N6O12. The van der Waals surface area contributed by atoms with Crippen LogP contribution < -0.4 is 20.8 Å². The quantitative estimate of drug-likeness (QED) is 0.198. The van der Waals surface area contributed by atoms with Crippen molar-refractivity contribution in [3.8, 4) is 17.2 Å². The summed E-state index contributed by atoms with van der Waals surface area (Å²) >= 11 is 0. The number of aliphatic hydroxyl groups excluding tert-OH is 2. The number of piperazine rings is 1. The zero-order valence-electron chi connectivity index (χ0n) is 44.2. The number of ether oxygens (including phenoxy) is 4. The summed E-state index contributed by atoms with van der Waals surface area (Å²) in [5, 5.41) is 61.8. The normalized spacial score (nSPS) is 31.3. The Balaban J connectivity index is 1.30. The van der Waals surface area contributed by atoms with Gasteiger partial charge in [-0.3, -0.25) is 19.5 Å². The van der Waals surface area contributed by atoms with E-state index in [-0.39, 0.29) is 49.7 Å². The molecule has 8 rings (SSSR count). The van der Waals surface area contributed by atoms with Crippen molar-refractivity contribution in [2.45, 2.75) is 137 Å². The molecule has 0 aliphatic carbocycles. The number of ketones is 1. The van der Waals surface area contributed by atoms with E-state index in [1.54, 1.807) is 77.7 Å². The average Bonchev–Trinajstić information content (AvgIpc) is 3.83. The molecule has 396 valence electrons. The third-order valence-electron chi connectivity index (χ3n) is 15.5. The number of methoxy groups -OCH3 is 1. The second-order valence-electron chi connectivity index (χ2n) is 22.1. The maximum atomic E-state index is 15.0. The van der Waals surface area contributed by atoms with E-state index in [9.17, 15) is 39.9 Å². The summed E-state index contributed by atoms with van der Waals surface area (Å²) in [6, 6.07) is 0. The predicted octanol–water partition coefficient (Wildman–Crippen LogP) is 5.10. The molecule has 2 saturated heterocycles. The lowest BCUT2D eigenvalue weighted by molar-refractivity contribution is -0.114. The van der Waals surface area contributed by atoms with Gasteiger partial charge in [0, 0.05) is 119 Å². The number of carbonyl (C=O) groups excluding carboxylic acids is 3. The minimum atomic E-state index is -1.99. The van der Waals surface area contributed by atoms with Gasteiger partial charge in [0.25, 0.3) is 11.7 Å². The number of amides is 2. The Bertz CT molecular complexity index is 2610. The van der Waals surface area contributed by atoms with Crippen LogP contribution in [0.25, 0.3) is 10.8 Å². The molecule has 2 aromatic carbocycles. The number of aliphatic hydroxyl groups is 3. The predicted molar refractivity (Wildman–Crippen MR) is 271 cm³/mol. The zero-order valence-corrected chi connectivity index (χ0v) is 44.2. The summed E-state index contributed by atoms with van der Waals surface area (Å²) in [5.41, 5.74) is -0.977. The number of hydrogen-bond acceptors (Lipinski definition) is 16. The number of nitrogens with one attached hydrogen (secondary N) is 1. The van der Waals surface area contributed by atoms with Gasteiger partial charge in [-0.25, -0.2) is 9.79 Å². The minimum Gasteiger partial charge on any atom is -0.507 e. The summed E-state index contributed by atoms with van der Waals surface area (Å²) in [5.74, 6) is -6.32. The summed E-state index contributed by atoms with van der Waals surface area (Å²) < 4.78 is 24.9. The highest BCUT2D eigenvalue weighted by molar-refractivity contribution is 6.21. The maximum Gasteiger partial charge on any atom is 0.410 e. The number of phenols is 2. The lowest BCUT2D eigenvalue weighted by atomic mass is 9.78. The molecule has 0 unspecified atom stereocenters. The third kappa shape index (κ3) is 11.0. The number of Topliss-reactive ketones (excluding diaryl/α,β-unsaturated/α-hetero) is 1. The lowest BCUT2D eigenvalue weighted by Gasteiger charge is -2.40. The van der Waals surface area contributed by atoms with Crippen molar-refractivity contribution in [3.63, 3.8) is 0 Å². The number of aromatic hydroxyl groups is 2. The highest BCUT2D eigenvalue weighted by Gasteiger charge is 2.51. The standard InChI is InChI=1S/C54H78N6O12/c1-29(2)28-59-21-18-54(19-22-59)56-40-37-38-45(63)35(8)48-39(37)49(65)53(11,72-48)70-27-16-36(69-12)32(5)47(71-51(67)60-25-23-58(24-26-60)20-17-52(9,10)68)34(7)44(62)33(6)43(61)30(3)14-13-15-31(4)50(66)55-42(46(38)64)41(40)57-54/h13-16,27,29-30,32-34,36,43-44,47,56,61-64,68H,17-26,28H2,1-12H3/b14-13+,27-16+,31-15-,55-42?/t30-,32+,33+,34+,36-,43-,44+,47+,53-/m0/s1. The van der Waals surface area contributed by atoms with Crippen molar-refractivity contribution in [1.29, 1.82) is 0 Å². The molecule has 72 heavy (non-hydrogen) atoms. The van der Waals surface area contributed by atoms with Crippen LogP contribution in [-0.4, -0.2) is 159 Å². The number of allylic oxidation sites excluding steroid dienone is 2. The van der Waals surface area contributed by atoms with Gasteiger partial charge in [-0.05, 0) is 46.1 Å². The van der Waals surface area contributed by atoms with E-state index in [0.717, 1.165) is 6.54 Å². The SMILES string of the molecule is CO[C@H]1/C=C/O[C@@]2(C)Oc3c(C)c(O)c4c(O)c(c5c(c4c3C2=O)NC2(CCN(CC(C)C)CC2)N=5)=NC(=O)/C(C)=C\C=C\[C@H](C)[C@H](O)[C@@H](C)[C@@H](O)[C@@H](C)[C@H](OC(=O)N2CCN(CCC(C)(C)O)CC2)[C@@H]1C. The first-order valence-electron chi connectivity index (χ1n) is 25.6. The molecular weight excluding hydrogens is 925 g/mol. The number of hydrogen-bond donors (Lipinski definition) is 6. The molecule has 6 N–H and O–H groups in total. The van der Waals surface area contributed by atoms with Crippen molar-refractivity contribution in [3.05, 3.63) is 58.0 Å². The Labute approximate surface area is 423 Å². The van der Waals surface area contributed by atoms with Gasteiger partial charge in [-0.1, -0.05) is 59.8 Å². The van der Waals surface area contributed by atoms with Crippen LogP contribution in [0.4, 0.5) is 10.5 Å². The van der Waals surface area contributed by atoms with Gasteiger partial charge >= 0.3 is 11.9 Å². The van der Waals surface area contributed by atoms with E-state index in [1.807, 2.05) is 6.92 Å². The fraction of sp³-hybridized carbons (Fsp3) is 0.648. The van der Waals surface area contributed by atoms with E-state index in [0.29, 0.717) is 76.7 Å². The van der Waals surface area contributed by atoms with Gasteiger partial charge in [-0.2, -0.15) is 0 Å². The molecule has 0 aromatic heterocycles. The maximum absolute atomic E-state index is 15.0. The van der Waals surface area contributed by atoms with Crippen LogP contribution in [0, 0.1) is 36.5 Å². The molecule has 6 heterocycles. The van der Waals surface area contributed by atoms with Crippen LogP contribution in [0.2, 0.25) is 0 Å². The van der Waals surface area contributed by atoms with Gasteiger partial charge in [0.2, 0.25) is 0 Å². The largest absolute Gasteiger partial charge is 0.507 e. The average molecular weight is 1000 g/mol. The molecule has 1 spiro atoms. The number of phenolic OH excluding ortho intramolecular Hbond substituents is 2. The smallest absolute Gasteiger partial charge is 0.410 e. The fourth-order valence-corrected chi connectivity index (χ4v) is 10.8. The second-order valence-corrected chi connectivity index (χ2v) is 22.1. The Morgan fingerprint density at radius 2 is 1.58 bits per heavy atom. The summed E-state index contributed by atoms with van der Waals surface area (Å²) in [6.07, 6.45) is 4.87. The first-order chi connectivity index (χ1) is 33.8.